The van der Waals surface area contributed by atoms with Gasteiger partial charge in [-0.2, -0.15) is 0 Å². The van der Waals surface area contributed by atoms with Gasteiger partial charge in [-0.3, -0.25) is 0 Å². The van der Waals surface area contributed by atoms with Crippen LogP contribution in [0, 0.1) is 5.41 Å². The zero-order chi connectivity index (χ0) is 11.0. The van der Waals surface area contributed by atoms with Gasteiger partial charge in [0.1, 0.15) is 0 Å². The highest BCUT2D eigenvalue weighted by atomic mass is 14.6. The number of hydrogen-bond donors (Lipinski definition) is 2. The topological polar surface area (TPSA) is 52.0 Å². The van der Waals surface area contributed by atoms with Crippen molar-refractivity contribution in [2.75, 3.05) is 6.54 Å². The van der Waals surface area contributed by atoms with Crippen LogP contribution in [0.1, 0.15) is 59.3 Å². The van der Waals surface area contributed by atoms with Gasteiger partial charge in [0, 0.05) is 6.04 Å². The van der Waals surface area contributed by atoms with Crippen molar-refractivity contribution >= 4 is 0 Å². The fourth-order valence-electron chi connectivity index (χ4n) is 2.14. The molecule has 0 aliphatic heterocycles. The minimum Gasteiger partial charge on any atom is -0.330 e. The Bertz CT molecular complexity index is 132. The molecule has 2 heteroatoms. The molecular formula is C12H28N2. The zero-order valence-electron chi connectivity index (χ0n) is 10.2. The van der Waals surface area contributed by atoms with Crippen LogP contribution in [0.15, 0.2) is 0 Å². The summed E-state index contributed by atoms with van der Waals surface area (Å²) in [4.78, 5) is 0. The van der Waals surface area contributed by atoms with Crippen molar-refractivity contribution in [1.82, 2.24) is 0 Å². The van der Waals surface area contributed by atoms with E-state index in [0.717, 1.165) is 25.8 Å². The molecule has 0 aliphatic carbocycles. The van der Waals surface area contributed by atoms with E-state index in [2.05, 4.69) is 20.8 Å². The molecular weight excluding hydrogens is 172 g/mol. The second kappa shape index (κ2) is 7.24. The highest BCUT2D eigenvalue weighted by Gasteiger charge is 2.19. The Balaban J connectivity index is 3.63. The second-order valence-electron chi connectivity index (χ2n) is 5.16. The standard InChI is InChI=1S/C12H28N2/c1-4-8-12(2,3)10-11(14)7-5-6-9-13/h11H,4-10,13-14H2,1-3H3/t11-/m0/s1. The van der Waals surface area contributed by atoms with Gasteiger partial charge in [-0.1, -0.05) is 33.6 Å². The van der Waals surface area contributed by atoms with E-state index in [1.165, 1.54) is 19.3 Å². The summed E-state index contributed by atoms with van der Waals surface area (Å²) in [5, 5.41) is 0. The summed E-state index contributed by atoms with van der Waals surface area (Å²) in [5.74, 6) is 0. The molecule has 0 spiro atoms. The van der Waals surface area contributed by atoms with Gasteiger partial charge in [0.15, 0.2) is 0 Å². The third kappa shape index (κ3) is 7.34. The molecule has 86 valence electrons. The largest absolute Gasteiger partial charge is 0.330 e. The van der Waals surface area contributed by atoms with Gasteiger partial charge in [-0.15, -0.1) is 0 Å². The molecule has 0 rings (SSSR count). The van der Waals surface area contributed by atoms with E-state index in [1.807, 2.05) is 0 Å². The molecule has 1 atom stereocenters. The Morgan fingerprint density at radius 3 is 2.36 bits per heavy atom. The molecule has 0 aromatic rings. The Morgan fingerprint density at radius 2 is 1.86 bits per heavy atom. The van der Waals surface area contributed by atoms with Crippen molar-refractivity contribution in [2.45, 2.75) is 65.3 Å². The van der Waals surface area contributed by atoms with Crippen molar-refractivity contribution in [1.29, 1.82) is 0 Å². The van der Waals surface area contributed by atoms with Crippen molar-refractivity contribution < 1.29 is 0 Å². The quantitative estimate of drug-likeness (QED) is 0.592. The third-order valence-corrected chi connectivity index (χ3v) is 2.77. The van der Waals surface area contributed by atoms with Crippen LogP contribution in [0.4, 0.5) is 0 Å². The molecule has 0 aromatic carbocycles. The molecule has 2 nitrogen and oxygen atoms in total. The van der Waals surface area contributed by atoms with E-state index < -0.39 is 0 Å². The zero-order valence-corrected chi connectivity index (χ0v) is 10.2. The number of nitrogens with two attached hydrogens (primary N) is 2. The second-order valence-corrected chi connectivity index (χ2v) is 5.16. The normalized spacial score (nSPS) is 14.4. The number of hydrogen-bond acceptors (Lipinski definition) is 2. The smallest absolute Gasteiger partial charge is 0.00439 e. The van der Waals surface area contributed by atoms with Crippen LogP contribution >= 0.6 is 0 Å². The molecule has 0 amide bonds. The lowest BCUT2D eigenvalue weighted by Crippen LogP contribution is -2.28. The van der Waals surface area contributed by atoms with E-state index in [4.69, 9.17) is 11.5 Å². The first-order valence-corrected chi connectivity index (χ1v) is 5.97. The summed E-state index contributed by atoms with van der Waals surface area (Å²) >= 11 is 0. The van der Waals surface area contributed by atoms with Crippen molar-refractivity contribution in [2.24, 2.45) is 16.9 Å². The molecule has 0 aromatic heterocycles. The molecule has 0 unspecified atom stereocenters. The average Bonchev–Trinajstić information content (AvgIpc) is 2.03. The first-order chi connectivity index (χ1) is 6.52. The Hall–Kier alpha value is -0.0800. The monoisotopic (exact) mass is 200 g/mol. The minimum atomic E-state index is 0.364. The van der Waals surface area contributed by atoms with Gasteiger partial charge in [-0.05, 0) is 37.6 Å². The van der Waals surface area contributed by atoms with E-state index in [9.17, 15) is 0 Å². The maximum Gasteiger partial charge on any atom is 0.00439 e. The van der Waals surface area contributed by atoms with Crippen molar-refractivity contribution in [3.8, 4) is 0 Å². The number of rotatable bonds is 8. The lowest BCUT2D eigenvalue weighted by Gasteiger charge is -2.27. The maximum atomic E-state index is 6.09. The van der Waals surface area contributed by atoms with Gasteiger partial charge >= 0.3 is 0 Å². The summed E-state index contributed by atoms with van der Waals surface area (Å²) in [7, 11) is 0. The molecule has 0 bridgehead atoms. The predicted molar refractivity (Wildman–Crippen MR) is 64.2 cm³/mol. The molecule has 0 fully saturated rings. The van der Waals surface area contributed by atoms with Crippen molar-refractivity contribution in [3.05, 3.63) is 0 Å². The van der Waals surface area contributed by atoms with Gasteiger partial charge < -0.3 is 11.5 Å². The summed E-state index contributed by atoms with van der Waals surface area (Å²) < 4.78 is 0. The highest BCUT2D eigenvalue weighted by Crippen LogP contribution is 2.28. The molecule has 0 heterocycles. The van der Waals surface area contributed by atoms with Gasteiger partial charge in [0.25, 0.3) is 0 Å². The van der Waals surface area contributed by atoms with E-state index >= 15 is 0 Å². The Morgan fingerprint density at radius 1 is 1.21 bits per heavy atom. The first kappa shape index (κ1) is 13.9. The fourth-order valence-corrected chi connectivity index (χ4v) is 2.14. The summed E-state index contributed by atoms with van der Waals surface area (Å²) in [5.41, 5.74) is 12.0. The third-order valence-electron chi connectivity index (χ3n) is 2.77. The van der Waals surface area contributed by atoms with Crippen LogP contribution in [-0.2, 0) is 0 Å². The SMILES string of the molecule is CCCC(C)(C)C[C@@H](N)CCCCN. The van der Waals surface area contributed by atoms with Crippen LogP contribution in [-0.4, -0.2) is 12.6 Å². The lowest BCUT2D eigenvalue weighted by molar-refractivity contribution is 0.271. The fraction of sp³-hybridized carbons (Fsp3) is 1.00. The van der Waals surface area contributed by atoms with Gasteiger partial charge in [0.2, 0.25) is 0 Å². The molecule has 0 saturated heterocycles. The lowest BCUT2D eigenvalue weighted by atomic mass is 9.81. The van der Waals surface area contributed by atoms with Crippen molar-refractivity contribution in [3.63, 3.8) is 0 Å². The minimum absolute atomic E-state index is 0.364. The first-order valence-electron chi connectivity index (χ1n) is 5.97. The molecule has 0 aliphatic rings. The maximum absolute atomic E-state index is 6.09. The van der Waals surface area contributed by atoms with Crippen LogP contribution in [0.25, 0.3) is 0 Å². The van der Waals surface area contributed by atoms with Gasteiger partial charge in [0.05, 0.1) is 0 Å². The van der Waals surface area contributed by atoms with Crippen LogP contribution < -0.4 is 11.5 Å². The van der Waals surface area contributed by atoms with Gasteiger partial charge in [-0.25, -0.2) is 0 Å². The van der Waals surface area contributed by atoms with E-state index in [-0.39, 0.29) is 0 Å². The molecule has 14 heavy (non-hydrogen) atoms. The van der Waals surface area contributed by atoms with E-state index in [0.29, 0.717) is 11.5 Å². The van der Waals surface area contributed by atoms with E-state index in [1.54, 1.807) is 0 Å². The van der Waals surface area contributed by atoms with Crippen LogP contribution in [0.3, 0.4) is 0 Å². The molecule has 4 N–H and O–H groups in total. The summed E-state index contributed by atoms with van der Waals surface area (Å²) in [6, 6.07) is 0.364. The van der Waals surface area contributed by atoms with Crippen LogP contribution in [0.5, 0.6) is 0 Å². The molecule has 0 saturated carbocycles. The predicted octanol–water partition coefficient (Wildman–Crippen LogP) is 2.66. The Labute approximate surface area is 89.4 Å². The summed E-state index contributed by atoms with van der Waals surface area (Å²) in [6.07, 6.45) is 7.09. The Kier molecular flexibility index (Phi) is 7.20. The average molecular weight is 200 g/mol. The van der Waals surface area contributed by atoms with Crippen LogP contribution in [0.2, 0.25) is 0 Å². The molecule has 0 radical (unpaired) electrons. The number of unbranched alkanes of at least 4 members (excludes halogenated alkanes) is 1. The summed E-state index contributed by atoms with van der Waals surface area (Å²) in [6.45, 7) is 7.67. The highest BCUT2D eigenvalue weighted by molar-refractivity contribution is 4.75.